The molecule has 0 spiro atoms. The number of hydrogen-bond acceptors (Lipinski definition) is 15. The molecule has 0 aromatic rings. The lowest BCUT2D eigenvalue weighted by Crippen LogP contribution is -2.63. The molecule has 3 aliphatic rings. The number of hydrogen-bond donors (Lipinski definition) is 10. The van der Waals surface area contributed by atoms with Gasteiger partial charge in [-0.15, -0.1) is 0 Å². The minimum absolute atomic E-state index is 0.190. The minimum Gasteiger partial charge on any atom is -0.391 e. The quantitative estimate of drug-likeness (QED) is 0.148. The van der Waals surface area contributed by atoms with Crippen LogP contribution in [0, 0.1) is 0 Å². The molecule has 0 amide bonds. The topological polar surface area (TPSA) is 254 Å². The third kappa shape index (κ3) is 5.10. The maximum absolute atomic E-state index is 10.4. The van der Waals surface area contributed by atoms with Crippen LogP contribution in [0.2, 0.25) is 0 Å². The van der Waals surface area contributed by atoms with E-state index >= 15 is 0 Å². The highest BCUT2D eigenvalue weighted by molar-refractivity contribution is 4.98. The summed E-state index contributed by atoms with van der Waals surface area (Å²) in [6.45, 7) is -0.00985. The van der Waals surface area contributed by atoms with Crippen LogP contribution in [-0.4, -0.2) is 151 Å². The van der Waals surface area contributed by atoms with Gasteiger partial charge in [0, 0.05) is 6.54 Å². The van der Waals surface area contributed by atoms with Crippen molar-refractivity contribution in [1.29, 1.82) is 0 Å². The zero-order valence-electron chi connectivity index (χ0n) is 18.5. The van der Waals surface area contributed by atoms with Crippen molar-refractivity contribution < 1.29 is 69.6 Å². The van der Waals surface area contributed by atoms with Crippen LogP contribution in [0.25, 0.3) is 0 Å². The van der Waals surface area contributed by atoms with Crippen LogP contribution in [0.15, 0.2) is 0 Å². The summed E-state index contributed by atoms with van der Waals surface area (Å²) in [4.78, 5) is 0. The van der Waals surface area contributed by atoms with Gasteiger partial charge in [0.1, 0.15) is 67.6 Å². The van der Waals surface area contributed by atoms with Crippen molar-refractivity contribution in [3.8, 4) is 0 Å². The molecule has 200 valence electrons. The molecule has 5 unspecified atom stereocenters. The predicted molar refractivity (Wildman–Crippen MR) is 106 cm³/mol. The smallest absolute Gasteiger partial charge is 0.223 e. The second kappa shape index (κ2) is 11.2. The molecule has 0 bridgehead atoms. The van der Waals surface area contributed by atoms with Crippen LogP contribution >= 0.6 is 0 Å². The summed E-state index contributed by atoms with van der Waals surface area (Å²) in [5, 5.41) is 91.2. The van der Waals surface area contributed by atoms with Gasteiger partial charge >= 0.3 is 0 Å². The third-order valence-corrected chi connectivity index (χ3v) is 6.44. The summed E-state index contributed by atoms with van der Waals surface area (Å²) in [6.07, 6.45) is -19.5. The molecule has 3 rings (SSSR count). The normalized spacial score (nSPS) is 52.1. The van der Waals surface area contributed by atoms with E-state index in [1.165, 1.54) is 0 Å². The molecule has 3 saturated heterocycles. The first-order valence-corrected chi connectivity index (χ1v) is 11.0. The molecule has 14 atom stereocenters. The summed E-state index contributed by atoms with van der Waals surface area (Å²) >= 11 is 0. The molecular weight excluding hydrogens is 466 g/mol. The Bertz CT molecular complexity index is 658. The standard InChI is InChI=1S/C19H35NO14/c1-2-6-11(24)16(29)19(5-21,33-6)34-18-15(28)13(26)10(23)8(32-18)4-30-17-14(27)12(25)9(22)7(3-20)31-17/h6-18,21-29H,2-5,20H2,1H3/t6-,7?,8?,9-,10-,11+,12+,13+,14?,15?,16?,17+,18+,19+/m1/s1. The van der Waals surface area contributed by atoms with Crippen molar-refractivity contribution in [2.75, 3.05) is 19.8 Å². The van der Waals surface area contributed by atoms with Crippen molar-refractivity contribution in [3.63, 3.8) is 0 Å². The molecule has 0 aliphatic carbocycles. The van der Waals surface area contributed by atoms with E-state index in [1.807, 2.05) is 0 Å². The van der Waals surface area contributed by atoms with Gasteiger partial charge in [0.05, 0.1) is 12.7 Å². The molecule has 0 aromatic heterocycles. The van der Waals surface area contributed by atoms with Crippen LogP contribution in [0.5, 0.6) is 0 Å². The van der Waals surface area contributed by atoms with Crippen LogP contribution in [0.1, 0.15) is 13.3 Å². The van der Waals surface area contributed by atoms with Crippen LogP contribution < -0.4 is 5.73 Å². The summed E-state index contributed by atoms with van der Waals surface area (Å²) in [5.74, 6) is -2.18. The van der Waals surface area contributed by atoms with Gasteiger partial charge in [-0.2, -0.15) is 0 Å². The molecule has 34 heavy (non-hydrogen) atoms. The fourth-order valence-corrected chi connectivity index (χ4v) is 4.24. The van der Waals surface area contributed by atoms with E-state index in [1.54, 1.807) is 6.92 Å². The lowest BCUT2D eigenvalue weighted by atomic mass is 9.98. The third-order valence-electron chi connectivity index (χ3n) is 6.44. The molecular formula is C19H35NO14. The van der Waals surface area contributed by atoms with E-state index in [4.69, 9.17) is 29.4 Å². The Morgan fingerprint density at radius 3 is 1.82 bits per heavy atom. The largest absolute Gasteiger partial charge is 0.391 e. The summed E-state index contributed by atoms with van der Waals surface area (Å²) in [7, 11) is 0. The average molecular weight is 501 g/mol. The van der Waals surface area contributed by atoms with Gasteiger partial charge in [-0.25, -0.2) is 0 Å². The Balaban J connectivity index is 1.69. The van der Waals surface area contributed by atoms with Gasteiger partial charge in [0.15, 0.2) is 12.6 Å². The maximum atomic E-state index is 10.4. The van der Waals surface area contributed by atoms with Gasteiger partial charge in [-0.05, 0) is 6.42 Å². The maximum Gasteiger partial charge on any atom is 0.223 e. The summed E-state index contributed by atoms with van der Waals surface area (Å²) in [5.41, 5.74) is 5.47. The highest BCUT2D eigenvalue weighted by Gasteiger charge is 2.58. The van der Waals surface area contributed by atoms with Crippen molar-refractivity contribution in [2.45, 2.75) is 98.9 Å². The van der Waals surface area contributed by atoms with Crippen molar-refractivity contribution in [3.05, 3.63) is 0 Å². The SMILES string of the molecule is CC[C@H]1O[C@@](CO)(O[C@@H]2OC(CO[C@H]3OC(CN)[C@@H](O)[C@H](O)C3O)[C@@H](O)[C@H](O)C2O)C(O)[C@H]1O. The first kappa shape index (κ1) is 28.0. The van der Waals surface area contributed by atoms with E-state index < -0.39 is 98.7 Å². The fraction of sp³-hybridized carbons (Fsp3) is 1.00. The number of rotatable bonds is 8. The number of ether oxygens (including phenoxy) is 5. The zero-order valence-corrected chi connectivity index (χ0v) is 18.5. The lowest BCUT2D eigenvalue weighted by molar-refractivity contribution is -0.387. The second-order valence-corrected chi connectivity index (χ2v) is 8.69. The van der Waals surface area contributed by atoms with Crippen molar-refractivity contribution >= 4 is 0 Å². The molecule has 3 heterocycles. The van der Waals surface area contributed by atoms with E-state index in [-0.39, 0.29) is 13.0 Å². The summed E-state index contributed by atoms with van der Waals surface area (Å²) < 4.78 is 27.2. The Morgan fingerprint density at radius 2 is 1.29 bits per heavy atom. The van der Waals surface area contributed by atoms with Gasteiger partial charge in [0.2, 0.25) is 5.79 Å². The molecule has 3 fully saturated rings. The Hall–Kier alpha value is -0.600. The Morgan fingerprint density at radius 1 is 0.735 bits per heavy atom. The average Bonchev–Trinajstić information content (AvgIpc) is 3.08. The van der Waals surface area contributed by atoms with E-state index in [0.717, 1.165) is 0 Å². The van der Waals surface area contributed by atoms with Crippen LogP contribution in [0.4, 0.5) is 0 Å². The molecule has 15 heteroatoms. The predicted octanol–water partition coefficient (Wildman–Crippen LogP) is -6.19. The first-order chi connectivity index (χ1) is 16.0. The molecule has 11 N–H and O–H groups in total. The zero-order chi connectivity index (χ0) is 25.4. The van der Waals surface area contributed by atoms with Gasteiger partial charge < -0.3 is 75.4 Å². The molecule has 0 aromatic carbocycles. The van der Waals surface area contributed by atoms with Crippen molar-refractivity contribution in [1.82, 2.24) is 0 Å². The van der Waals surface area contributed by atoms with Crippen LogP contribution in [-0.2, 0) is 23.7 Å². The van der Waals surface area contributed by atoms with Gasteiger partial charge in [-0.1, -0.05) is 6.92 Å². The summed E-state index contributed by atoms with van der Waals surface area (Å²) in [6, 6.07) is 0. The highest BCUT2D eigenvalue weighted by Crippen LogP contribution is 2.37. The lowest BCUT2D eigenvalue weighted by Gasteiger charge is -2.44. The minimum atomic E-state index is -2.18. The van der Waals surface area contributed by atoms with Crippen molar-refractivity contribution in [2.24, 2.45) is 5.73 Å². The second-order valence-electron chi connectivity index (χ2n) is 8.69. The van der Waals surface area contributed by atoms with Gasteiger partial charge in [0.25, 0.3) is 0 Å². The molecule has 0 saturated carbocycles. The number of aliphatic hydroxyl groups is 9. The van der Waals surface area contributed by atoms with E-state index in [2.05, 4.69) is 0 Å². The van der Waals surface area contributed by atoms with Crippen LogP contribution in [0.3, 0.4) is 0 Å². The highest BCUT2D eigenvalue weighted by atomic mass is 16.8. The molecule has 15 nitrogen and oxygen atoms in total. The molecule has 3 aliphatic heterocycles. The number of aliphatic hydroxyl groups excluding tert-OH is 9. The Kier molecular flexibility index (Phi) is 9.22. The first-order valence-electron chi connectivity index (χ1n) is 11.0. The molecule has 0 radical (unpaired) electrons. The fourth-order valence-electron chi connectivity index (χ4n) is 4.24. The Labute approximate surface area is 194 Å². The van der Waals surface area contributed by atoms with Gasteiger partial charge in [-0.3, -0.25) is 0 Å². The van der Waals surface area contributed by atoms with E-state index in [9.17, 15) is 46.0 Å². The number of nitrogens with two attached hydrogens (primary N) is 1. The monoisotopic (exact) mass is 501 g/mol. The van der Waals surface area contributed by atoms with E-state index in [0.29, 0.717) is 0 Å².